The van der Waals surface area contributed by atoms with Gasteiger partial charge in [-0.2, -0.15) is 0 Å². The third-order valence-corrected chi connectivity index (χ3v) is 2.15. The van der Waals surface area contributed by atoms with E-state index in [4.69, 9.17) is 0 Å². The standard InChI is InChI=1S/C9H14N4/c1-7-4-12-9(13-5-7)8-6-10-2-3-11-8/h4-5,8,10-11H,2-3,6H2,1H3. The monoisotopic (exact) mass is 178 g/mol. The Morgan fingerprint density at radius 1 is 1.31 bits per heavy atom. The Morgan fingerprint density at radius 2 is 2.08 bits per heavy atom. The lowest BCUT2D eigenvalue weighted by Crippen LogP contribution is -2.43. The second kappa shape index (κ2) is 3.81. The molecule has 2 heterocycles. The third kappa shape index (κ3) is 2.02. The molecule has 0 saturated carbocycles. The molecule has 1 unspecified atom stereocenters. The van der Waals surface area contributed by atoms with Crippen LogP contribution in [-0.2, 0) is 0 Å². The lowest BCUT2D eigenvalue weighted by Gasteiger charge is -2.22. The summed E-state index contributed by atoms with van der Waals surface area (Å²) in [4.78, 5) is 8.58. The maximum absolute atomic E-state index is 4.29. The van der Waals surface area contributed by atoms with Gasteiger partial charge in [-0.15, -0.1) is 0 Å². The molecule has 1 atom stereocenters. The van der Waals surface area contributed by atoms with Crippen LogP contribution in [0.3, 0.4) is 0 Å². The van der Waals surface area contributed by atoms with Crippen LogP contribution in [0.1, 0.15) is 17.4 Å². The minimum atomic E-state index is 0.273. The molecule has 13 heavy (non-hydrogen) atoms. The largest absolute Gasteiger partial charge is 0.313 e. The molecule has 0 radical (unpaired) electrons. The molecule has 1 aromatic rings. The van der Waals surface area contributed by atoms with E-state index in [1.807, 2.05) is 19.3 Å². The molecule has 2 rings (SSSR count). The summed E-state index contributed by atoms with van der Waals surface area (Å²) in [7, 11) is 0. The van der Waals surface area contributed by atoms with E-state index in [-0.39, 0.29) is 6.04 Å². The molecule has 0 aromatic carbocycles. The first-order chi connectivity index (χ1) is 6.36. The Labute approximate surface area is 77.8 Å². The zero-order valence-electron chi connectivity index (χ0n) is 7.75. The van der Waals surface area contributed by atoms with E-state index in [1.165, 1.54) is 0 Å². The van der Waals surface area contributed by atoms with E-state index in [1.54, 1.807) is 0 Å². The summed E-state index contributed by atoms with van der Waals surface area (Å²) >= 11 is 0. The minimum Gasteiger partial charge on any atom is -0.313 e. The van der Waals surface area contributed by atoms with E-state index in [9.17, 15) is 0 Å². The van der Waals surface area contributed by atoms with Gasteiger partial charge in [0.05, 0.1) is 6.04 Å². The van der Waals surface area contributed by atoms with Crippen molar-refractivity contribution < 1.29 is 0 Å². The minimum absolute atomic E-state index is 0.273. The normalized spacial score (nSPS) is 23.0. The van der Waals surface area contributed by atoms with Crippen molar-refractivity contribution in [1.29, 1.82) is 0 Å². The van der Waals surface area contributed by atoms with Gasteiger partial charge in [0.15, 0.2) is 0 Å². The van der Waals surface area contributed by atoms with Gasteiger partial charge in [-0.3, -0.25) is 0 Å². The fraction of sp³-hybridized carbons (Fsp3) is 0.556. The second-order valence-electron chi connectivity index (χ2n) is 3.33. The molecule has 4 nitrogen and oxygen atoms in total. The number of nitrogens with zero attached hydrogens (tertiary/aromatic N) is 2. The average molecular weight is 178 g/mol. The number of piperazine rings is 1. The smallest absolute Gasteiger partial charge is 0.146 e. The van der Waals surface area contributed by atoms with Gasteiger partial charge in [-0.25, -0.2) is 9.97 Å². The number of nitrogens with one attached hydrogen (secondary N) is 2. The van der Waals surface area contributed by atoms with Gasteiger partial charge in [0.1, 0.15) is 5.82 Å². The molecular weight excluding hydrogens is 164 g/mol. The van der Waals surface area contributed by atoms with Gasteiger partial charge in [0.25, 0.3) is 0 Å². The van der Waals surface area contributed by atoms with Crippen LogP contribution in [-0.4, -0.2) is 29.6 Å². The van der Waals surface area contributed by atoms with Crippen molar-refractivity contribution in [2.24, 2.45) is 0 Å². The Morgan fingerprint density at radius 3 is 2.69 bits per heavy atom. The molecule has 70 valence electrons. The molecular formula is C9H14N4. The van der Waals surface area contributed by atoms with E-state index >= 15 is 0 Å². The lowest BCUT2D eigenvalue weighted by molar-refractivity contribution is 0.415. The van der Waals surface area contributed by atoms with Crippen LogP contribution in [0.25, 0.3) is 0 Å². The Kier molecular flexibility index (Phi) is 2.52. The molecule has 4 heteroatoms. The number of hydrogen-bond donors (Lipinski definition) is 2. The third-order valence-electron chi connectivity index (χ3n) is 2.15. The predicted octanol–water partition coefficient (Wildman–Crippen LogP) is 0.0189. The van der Waals surface area contributed by atoms with Gasteiger partial charge >= 0.3 is 0 Å². The molecule has 0 bridgehead atoms. The highest BCUT2D eigenvalue weighted by Crippen LogP contribution is 2.07. The first-order valence-electron chi connectivity index (χ1n) is 4.59. The maximum atomic E-state index is 4.29. The molecule has 1 fully saturated rings. The summed E-state index contributed by atoms with van der Waals surface area (Å²) in [5.74, 6) is 0.887. The maximum Gasteiger partial charge on any atom is 0.146 e. The SMILES string of the molecule is Cc1cnc(C2CNCCN2)nc1. The summed E-state index contributed by atoms with van der Waals surface area (Å²) in [5, 5.41) is 6.67. The second-order valence-corrected chi connectivity index (χ2v) is 3.33. The van der Waals surface area contributed by atoms with Gasteiger partial charge in [0, 0.05) is 32.0 Å². The summed E-state index contributed by atoms with van der Waals surface area (Å²) in [6, 6.07) is 0.273. The summed E-state index contributed by atoms with van der Waals surface area (Å²) in [6.07, 6.45) is 3.72. The van der Waals surface area contributed by atoms with Crippen LogP contribution in [0.4, 0.5) is 0 Å². The van der Waals surface area contributed by atoms with Crippen molar-refractivity contribution in [3.05, 3.63) is 23.8 Å². The highest BCUT2D eigenvalue weighted by molar-refractivity contribution is 5.05. The van der Waals surface area contributed by atoms with Crippen molar-refractivity contribution in [3.8, 4) is 0 Å². The van der Waals surface area contributed by atoms with Gasteiger partial charge in [-0.05, 0) is 12.5 Å². The van der Waals surface area contributed by atoms with Gasteiger partial charge < -0.3 is 10.6 Å². The molecule has 2 N–H and O–H groups in total. The highest BCUT2D eigenvalue weighted by atomic mass is 15.1. The lowest BCUT2D eigenvalue weighted by atomic mass is 10.2. The van der Waals surface area contributed by atoms with Gasteiger partial charge in [-0.1, -0.05) is 0 Å². The van der Waals surface area contributed by atoms with Crippen molar-refractivity contribution in [1.82, 2.24) is 20.6 Å². The average Bonchev–Trinajstić information content (AvgIpc) is 2.20. The molecule has 0 spiro atoms. The summed E-state index contributed by atoms with van der Waals surface area (Å²) < 4.78 is 0. The van der Waals surface area contributed by atoms with Crippen molar-refractivity contribution in [2.75, 3.05) is 19.6 Å². The molecule has 0 aliphatic carbocycles. The summed E-state index contributed by atoms with van der Waals surface area (Å²) in [5.41, 5.74) is 1.10. The first kappa shape index (κ1) is 8.59. The van der Waals surface area contributed by atoms with Gasteiger partial charge in [0.2, 0.25) is 0 Å². The number of rotatable bonds is 1. The van der Waals surface area contributed by atoms with Crippen molar-refractivity contribution in [2.45, 2.75) is 13.0 Å². The van der Waals surface area contributed by atoms with Crippen LogP contribution in [0, 0.1) is 6.92 Å². The van der Waals surface area contributed by atoms with Crippen LogP contribution in [0.2, 0.25) is 0 Å². The van der Waals surface area contributed by atoms with E-state index in [0.717, 1.165) is 31.0 Å². The Hall–Kier alpha value is -1.00. The highest BCUT2D eigenvalue weighted by Gasteiger charge is 2.15. The number of aromatic nitrogens is 2. The number of aryl methyl sites for hydroxylation is 1. The molecule has 0 amide bonds. The first-order valence-corrected chi connectivity index (χ1v) is 4.59. The Bertz CT molecular complexity index is 263. The molecule has 1 aliphatic rings. The zero-order chi connectivity index (χ0) is 9.10. The topological polar surface area (TPSA) is 49.8 Å². The molecule has 1 saturated heterocycles. The van der Waals surface area contributed by atoms with E-state index < -0.39 is 0 Å². The quantitative estimate of drug-likeness (QED) is 0.636. The fourth-order valence-corrected chi connectivity index (χ4v) is 1.42. The van der Waals surface area contributed by atoms with E-state index in [2.05, 4.69) is 20.6 Å². The van der Waals surface area contributed by atoms with Crippen LogP contribution < -0.4 is 10.6 Å². The van der Waals surface area contributed by atoms with Crippen LogP contribution in [0.5, 0.6) is 0 Å². The van der Waals surface area contributed by atoms with E-state index in [0.29, 0.717) is 0 Å². The predicted molar refractivity (Wildman–Crippen MR) is 50.4 cm³/mol. The van der Waals surface area contributed by atoms with Crippen molar-refractivity contribution >= 4 is 0 Å². The number of hydrogen-bond acceptors (Lipinski definition) is 4. The fourth-order valence-electron chi connectivity index (χ4n) is 1.42. The zero-order valence-corrected chi connectivity index (χ0v) is 7.75. The van der Waals surface area contributed by atoms with Crippen LogP contribution >= 0.6 is 0 Å². The van der Waals surface area contributed by atoms with Crippen molar-refractivity contribution in [3.63, 3.8) is 0 Å². The molecule has 1 aliphatic heterocycles. The Balaban J connectivity index is 2.10. The molecule has 1 aromatic heterocycles. The van der Waals surface area contributed by atoms with Crippen LogP contribution in [0.15, 0.2) is 12.4 Å². The summed E-state index contributed by atoms with van der Waals surface area (Å²) in [6.45, 7) is 4.93.